The van der Waals surface area contributed by atoms with Gasteiger partial charge >= 0.3 is 20.1 Å². The van der Waals surface area contributed by atoms with Crippen LogP contribution < -0.4 is 10.1 Å². The molecule has 0 fully saturated rings. The van der Waals surface area contributed by atoms with Gasteiger partial charge in [0, 0.05) is 46.8 Å². The van der Waals surface area contributed by atoms with Crippen LogP contribution in [0.3, 0.4) is 0 Å². The van der Waals surface area contributed by atoms with Gasteiger partial charge in [0.1, 0.15) is 11.4 Å². The third kappa shape index (κ3) is 8.32. The topological polar surface area (TPSA) is 43.4 Å². The second-order valence-electron chi connectivity index (χ2n) is 17.5. The van der Waals surface area contributed by atoms with Crippen LogP contribution in [0.25, 0.3) is 71.5 Å². The van der Waals surface area contributed by atoms with E-state index in [0.717, 1.165) is 83.2 Å². The Hall–Kier alpha value is -6.63. The Morgan fingerprint density at radius 2 is 1.38 bits per heavy atom. The molecule has 4 nitrogen and oxygen atoms in total. The first-order valence-corrected chi connectivity index (χ1v) is 25.2. The minimum Gasteiger partial charge on any atom is -0.661 e. The zero-order valence-electron chi connectivity index (χ0n) is 37.9. The Balaban J connectivity index is 0.000000221. The van der Waals surface area contributed by atoms with Crippen molar-refractivity contribution in [2.24, 2.45) is 0 Å². The molecule has 2 aromatic heterocycles. The number of aromatic nitrogens is 1. The summed E-state index contributed by atoms with van der Waals surface area (Å²) in [5.41, 5.74) is 12.3. The Morgan fingerprint density at radius 3 is 2.06 bits per heavy atom. The summed E-state index contributed by atoms with van der Waals surface area (Å²) in [5, 5.41) is 10.7. The van der Waals surface area contributed by atoms with Crippen LogP contribution in [0.5, 0.6) is 0 Å². The predicted molar refractivity (Wildman–Crippen MR) is 267 cm³/mol. The largest absolute Gasteiger partial charge is 3.00 e. The first-order valence-electron chi connectivity index (χ1n) is 22.2. The maximum absolute atomic E-state index is 14.3. The van der Waals surface area contributed by atoms with E-state index >= 15 is 0 Å². The van der Waals surface area contributed by atoms with Gasteiger partial charge in [-0.25, -0.2) is 4.39 Å². The van der Waals surface area contributed by atoms with E-state index in [-0.39, 0.29) is 25.9 Å². The fourth-order valence-electron chi connectivity index (χ4n) is 8.94. The molecule has 65 heavy (non-hydrogen) atoms. The maximum atomic E-state index is 14.3. The molecule has 0 amide bonds. The summed E-state index contributed by atoms with van der Waals surface area (Å²) < 4.78 is 29.2. The van der Waals surface area contributed by atoms with Crippen molar-refractivity contribution in [1.82, 2.24) is 4.98 Å². The van der Waals surface area contributed by atoms with Crippen molar-refractivity contribution in [3.05, 3.63) is 217 Å². The van der Waals surface area contributed by atoms with E-state index < -0.39 is 20.1 Å². The predicted octanol–water partition coefficient (Wildman–Crippen LogP) is 16.1. The molecule has 8 aromatic carbocycles. The second kappa shape index (κ2) is 18.1. The number of halogens is 1. The standard InChI is InChI=1S/C41H25FN2O.C17H22NSi.Ir/c42-29-22-23-33-34-19-10-20-35(40(34)45-37(33)25-29)41-43-36-24-21-28-15-7-8-16-32(28)39(36)44(41)38-30(26-11-3-1-4-12-26)17-9-18-31(38)27-13-5-2-6-14-27;1-13(2)15-11-16(14-9-7-6-8-10-14)18-12-17(15)19(3,4)5;/h1-19,21-25,41H;6-9,11-13H,1-5H3;/q-2;-1;+3/i;13D;. The first kappa shape index (κ1) is 42.3. The van der Waals surface area contributed by atoms with E-state index in [4.69, 9.17) is 11.1 Å². The summed E-state index contributed by atoms with van der Waals surface area (Å²) in [6.07, 6.45) is 1.49. The number of nitrogens with zero attached hydrogens (tertiary/aromatic N) is 3. The van der Waals surface area contributed by atoms with Crippen molar-refractivity contribution in [2.75, 3.05) is 4.90 Å². The fraction of sp³-hybridized carbons (Fsp3) is 0.121. The second-order valence-corrected chi connectivity index (χ2v) is 22.5. The van der Waals surface area contributed by atoms with Crippen LogP contribution in [0.1, 0.15) is 38.4 Å². The minimum absolute atomic E-state index is 0. The van der Waals surface area contributed by atoms with Crippen LogP contribution in [0.4, 0.5) is 21.5 Å². The van der Waals surface area contributed by atoms with Crippen molar-refractivity contribution in [2.45, 2.75) is 45.5 Å². The average molecular weight is 1040 g/mol. The Morgan fingerprint density at radius 1 is 0.692 bits per heavy atom. The third-order valence-electron chi connectivity index (χ3n) is 12.0. The van der Waals surface area contributed by atoms with Gasteiger partial charge in [0.15, 0.2) is 0 Å². The van der Waals surface area contributed by atoms with Crippen molar-refractivity contribution < 1.29 is 30.3 Å². The van der Waals surface area contributed by atoms with Crippen molar-refractivity contribution >= 4 is 63.0 Å². The maximum Gasteiger partial charge on any atom is 3.00 e. The van der Waals surface area contributed by atoms with E-state index in [1.165, 1.54) is 17.3 Å². The number of furan rings is 1. The molecule has 1 aliphatic rings. The monoisotopic (exact) mass is 1040 g/mol. The molecule has 0 radical (unpaired) electrons. The number of hydrogen-bond acceptors (Lipinski definition) is 3. The summed E-state index contributed by atoms with van der Waals surface area (Å²) in [6, 6.07) is 65.4. The van der Waals surface area contributed by atoms with Gasteiger partial charge in [0.25, 0.3) is 0 Å². The molecule has 0 saturated heterocycles. The number of fused-ring (bicyclic) bond motifs is 6. The molecule has 0 bridgehead atoms. The van der Waals surface area contributed by atoms with Gasteiger partial charge < -0.3 is 19.6 Å². The molecular formula is C58H47FIrN3OSi. The van der Waals surface area contributed by atoms with Gasteiger partial charge in [-0.3, -0.25) is 0 Å². The number of benzene rings is 8. The zero-order valence-corrected chi connectivity index (χ0v) is 40.3. The molecule has 0 spiro atoms. The van der Waals surface area contributed by atoms with Crippen LogP contribution >= 0.6 is 0 Å². The van der Waals surface area contributed by atoms with E-state index in [2.05, 4.69) is 151 Å². The van der Waals surface area contributed by atoms with Crippen LogP contribution in [0.15, 0.2) is 187 Å². The van der Waals surface area contributed by atoms with Crippen LogP contribution in [0, 0.1) is 17.9 Å². The van der Waals surface area contributed by atoms with E-state index in [0.29, 0.717) is 11.2 Å². The molecule has 1 atom stereocenters. The summed E-state index contributed by atoms with van der Waals surface area (Å²) in [4.78, 5) is 6.97. The zero-order chi connectivity index (χ0) is 44.9. The third-order valence-corrected chi connectivity index (χ3v) is 14.0. The summed E-state index contributed by atoms with van der Waals surface area (Å²) in [5.74, 6) is -0.940. The molecule has 3 heterocycles. The van der Waals surface area contributed by atoms with Gasteiger partial charge in [-0.2, -0.15) is 18.2 Å². The van der Waals surface area contributed by atoms with E-state index in [1.54, 1.807) is 6.07 Å². The number of para-hydroxylation sites is 1. The van der Waals surface area contributed by atoms with Gasteiger partial charge in [-0.15, -0.1) is 47.1 Å². The Bertz CT molecular complexity index is 3290. The molecule has 7 heteroatoms. The quantitative estimate of drug-likeness (QED) is 0.118. The van der Waals surface area contributed by atoms with Crippen LogP contribution in [0.2, 0.25) is 19.6 Å². The Kier molecular flexibility index (Phi) is 11.8. The van der Waals surface area contributed by atoms with Gasteiger partial charge in [-0.1, -0.05) is 166 Å². The number of anilines is 2. The number of hydrogen-bond donors (Lipinski definition) is 0. The normalized spacial score (nSPS) is 13.7. The molecule has 320 valence electrons. The van der Waals surface area contributed by atoms with Crippen LogP contribution in [-0.2, 0) is 20.1 Å². The molecule has 11 rings (SSSR count). The van der Waals surface area contributed by atoms with Crippen molar-refractivity contribution in [3.63, 3.8) is 0 Å². The Labute approximate surface area is 396 Å². The molecule has 1 aliphatic heterocycles. The molecule has 0 N–H and O–H groups in total. The van der Waals surface area contributed by atoms with Crippen LogP contribution in [-0.4, -0.2) is 13.1 Å². The van der Waals surface area contributed by atoms with E-state index in [1.807, 2.05) is 68.6 Å². The van der Waals surface area contributed by atoms with E-state index in [9.17, 15) is 4.39 Å². The van der Waals surface area contributed by atoms with Crippen molar-refractivity contribution in [1.29, 1.82) is 0 Å². The SMILES string of the molecule is Fc1ccc2c(c1)oc1c(C3[N-]c4ccc5ccccc5c4N3c3c(-c4ccccc4)cccc3-c3ccccc3)[c-]ccc12.[2H]C(C)(C)c1cc(-c2[c-]cccc2)ncc1[Si](C)(C)C.[Ir+3]. The molecule has 10 aromatic rings. The molecule has 0 saturated carbocycles. The summed E-state index contributed by atoms with van der Waals surface area (Å²) >= 11 is 0. The van der Waals surface area contributed by atoms with Gasteiger partial charge in [0.2, 0.25) is 0 Å². The summed E-state index contributed by atoms with van der Waals surface area (Å²) in [7, 11) is -1.50. The van der Waals surface area contributed by atoms with Crippen molar-refractivity contribution in [3.8, 4) is 33.5 Å². The number of pyridine rings is 1. The smallest absolute Gasteiger partial charge is 0.661 e. The number of rotatable bonds is 7. The molecule has 1 unspecified atom stereocenters. The van der Waals surface area contributed by atoms with Gasteiger partial charge in [0.05, 0.1) is 13.8 Å². The molecular weight excluding hydrogens is 994 g/mol. The summed E-state index contributed by atoms with van der Waals surface area (Å²) in [6.45, 7) is 10.8. The van der Waals surface area contributed by atoms with Gasteiger partial charge in [-0.05, 0) is 51.6 Å². The fourth-order valence-corrected chi connectivity index (χ4v) is 10.5. The minimum atomic E-state index is -1.50. The first-order chi connectivity index (χ1) is 31.4. The molecule has 0 aliphatic carbocycles. The average Bonchev–Trinajstić information content (AvgIpc) is 3.90.